The van der Waals surface area contributed by atoms with Gasteiger partial charge in [0.05, 0.1) is 12.2 Å². The van der Waals surface area contributed by atoms with Gasteiger partial charge in [0.25, 0.3) is 5.91 Å². The highest BCUT2D eigenvalue weighted by molar-refractivity contribution is 6.04. The molecular weight excluding hydrogens is 404 g/mol. The first kappa shape index (κ1) is 23.6. The van der Waals surface area contributed by atoms with E-state index in [2.05, 4.69) is 34.7 Å². The largest absolute Gasteiger partial charge is 0.383 e. The molecule has 0 saturated carbocycles. The van der Waals surface area contributed by atoms with Crippen molar-refractivity contribution in [2.75, 3.05) is 48.9 Å². The molecular formula is C25H34N4O3. The summed E-state index contributed by atoms with van der Waals surface area (Å²) in [4.78, 5) is 27.7. The number of urea groups is 1. The standard InChI is InChI=1S/C25H34N4O3/c1-4-19-6-5-7-20(16-19)27-25(31)28-21-8-9-23(29-13-10-18(2)11-14-29)22(17-21)24(30)26-12-15-32-3/h5-9,16-18H,4,10-15H2,1-3H3,(H,26,30)(H2,27,28,31). The normalized spacial score (nSPS) is 14.2. The quantitative estimate of drug-likeness (QED) is 0.530. The van der Waals surface area contributed by atoms with Crippen LogP contribution in [0.4, 0.5) is 21.9 Å². The first-order valence-corrected chi connectivity index (χ1v) is 11.3. The van der Waals surface area contributed by atoms with Crippen molar-refractivity contribution in [2.45, 2.75) is 33.1 Å². The van der Waals surface area contributed by atoms with Gasteiger partial charge < -0.3 is 25.6 Å². The number of nitrogens with one attached hydrogen (secondary N) is 3. The van der Waals surface area contributed by atoms with Crippen LogP contribution in [0.2, 0.25) is 0 Å². The lowest BCUT2D eigenvalue weighted by molar-refractivity contribution is 0.0937. The Kier molecular flexibility index (Phi) is 8.50. The van der Waals surface area contributed by atoms with Gasteiger partial charge in [-0.2, -0.15) is 0 Å². The molecule has 32 heavy (non-hydrogen) atoms. The monoisotopic (exact) mass is 438 g/mol. The van der Waals surface area contributed by atoms with Crippen molar-refractivity contribution in [1.29, 1.82) is 0 Å². The molecule has 3 rings (SSSR count). The second-order valence-electron chi connectivity index (χ2n) is 8.28. The highest BCUT2D eigenvalue weighted by Crippen LogP contribution is 2.29. The van der Waals surface area contributed by atoms with Crippen molar-refractivity contribution < 1.29 is 14.3 Å². The molecule has 0 aliphatic carbocycles. The SMILES string of the molecule is CCc1cccc(NC(=O)Nc2ccc(N3CCC(C)CC3)c(C(=O)NCCOC)c2)c1. The number of rotatable bonds is 8. The molecule has 0 unspecified atom stereocenters. The van der Waals surface area contributed by atoms with Crippen LogP contribution in [-0.2, 0) is 11.2 Å². The molecule has 0 bridgehead atoms. The summed E-state index contributed by atoms with van der Waals surface area (Å²) in [5, 5.41) is 8.62. The predicted octanol–water partition coefficient (Wildman–Crippen LogP) is 4.51. The molecule has 2 aromatic carbocycles. The maximum Gasteiger partial charge on any atom is 0.323 e. The fourth-order valence-corrected chi connectivity index (χ4v) is 3.85. The van der Waals surface area contributed by atoms with E-state index in [0.29, 0.717) is 30.3 Å². The van der Waals surface area contributed by atoms with Crippen LogP contribution in [0.3, 0.4) is 0 Å². The number of benzene rings is 2. The summed E-state index contributed by atoms with van der Waals surface area (Å²) in [6.45, 7) is 7.04. The van der Waals surface area contributed by atoms with Crippen molar-refractivity contribution in [3.8, 4) is 0 Å². The summed E-state index contributed by atoms with van der Waals surface area (Å²) in [5.74, 6) is 0.524. The van der Waals surface area contributed by atoms with Crippen LogP contribution in [0.1, 0.15) is 42.6 Å². The molecule has 7 heteroatoms. The molecule has 1 saturated heterocycles. The Bertz CT molecular complexity index is 923. The molecule has 172 valence electrons. The van der Waals surface area contributed by atoms with Crippen LogP contribution in [0.5, 0.6) is 0 Å². The Labute approximate surface area is 190 Å². The van der Waals surface area contributed by atoms with Gasteiger partial charge in [-0.15, -0.1) is 0 Å². The van der Waals surface area contributed by atoms with Crippen molar-refractivity contribution >= 4 is 29.0 Å². The number of hydrogen-bond donors (Lipinski definition) is 3. The minimum absolute atomic E-state index is 0.171. The van der Waals surface area contributed by atoms with Gasteiger partial charge in [0.15, 0.2) is 0 Å². The van der Waals surface area contributed by atoms with Crippen LogP contribution in [-0.4, -0.2) is 45.3 Å². The number of anilines is 3. The van der Waals surface area contributed by atoms with Crippen LogP contribution in [0.15, 0.2) is 42.5 Å². The predicted molar refractivity (Wildman–Crippen MR) is 130 cm³/mol. The Hall–Kier alpha value is -3.06. The molecule has 1 fully saturated rings. The minimum Gasteiger partial charge on any atom is -0.383 e. The molecule has 0 atom stereocenters. The maximum atomic E-state index is 12.9. The number of carbonyl (C=O) groups is 2. The summed E-state index contributed by atoms with van der Waals surface area (Å²) in [5.41, 5.74) is 3.91. The molecule has 1 aliphatic rings. The van der Waals surface area contributed by atoms with Crippen molar-refractivity contribution in [3.63, 3.8) is 0 Å². The number of carbonyl (C=O) groups excluding carboxylic acids is 2. The number of piperidine rings is 1. The number of hydrogen-bond acceptors (Lipinski definition) is 4. The summed E-state index contributed by atoms with van der Waals surface area (Å²) in [6, 6.07) is 12.9. The Balaban J connectivity index is 1.76. The van der Waals surface area contributed by atoms with Crippen molar-refractivity contribution in [3.05, 3.63) is 53.6 Å². The average Bonchev–Trinajstić information content (AvgIpc) is 2.80. The lowest BCUT2D eigenvalue weighted by Crippen LogP contribution is -2.35. The highest BCUT2D eigenvalue weighted by atomic mass is 16.5. The zero-order valence-corrected chi connectivity index (χ0v) is 19.2. The molecule has 0 aromatic heterocycles. The smallest absolute Gasteiger partial charge is 0.323 e. The maximum absolute atomic E-state index is 12.9. The molecule has 3 amide bonds. The van der Waals surface area contributed by atoms with Gasteiger partial charge in [-0.3, -0.25) is 4.79 Å². The van der Waals surface area contributed by atoms with Crippen molar-refractivity contribution in [2.24, 2.45) is 5.92 Å². The van der Waals surface area contributed by atoms with Crippen molar-refractivity contribution in [1.82, 2.24) is 5.32 Å². The topological polar surface area (TPSA) is 82.7 Å². The molecule has 2 aromatic rings. The van der Waals surface area contributed by atoms with Gasteiger partial charge >= 0.3 is 6.03 Å². The van der Waals surface area contributed by atoms with E-state index >= 15 is 0 Å². The number of ether oxygens (including phenoxy) is 1. The first-order valence-electron chi connectivity index (χ1n) is 11.3. The van der Waals surface area contributed by atoms with Gasteiger partial charge in [0.1, 0.15) is 0 Å². The van der Waals surface area contributed by atoms with E-state index in [1.807, 2.05) is 36.4 Å². The average molecular weight is 439 g/mol. The zero-order valence-electron chi connectivity index (χ0n) is 19.2. The minimum atomic E-state index is -0.344. The van der Waals surface area contributed by atoms with Crippen LogP contribution in [0.25, 0.3) is 0 Å². The van der Waals surface area contributed by atoms with Gasteiger partial charge in [-0.25, -0.2) is 4.79 Å². The zero-order chi connectivity index (χ0) is 22.9. The molecule has 0 radical (unpaired) electrons. The first-order chi connectivity index (χ1) is 15.5. The third-order valence-corrected chi connectivity index (χ3v) is 5.81. The number of amides is 3. The Morgan fingerprint density at radius 2 is 1.78 bits per heavy atom. The Morgan fingerprint density at radius 3 is 2.47 bits per heavy atom. The Morgan fingerprint density at radius 1 is 1.06 bits per heavy atom. The number of nitrogens with zero attached hydrogens (tertiary/aromatic N) is 1. The second kappa shape index (κ2) is 11.5. The summed E-state index contributed by atoms with van der Waals surface area (Å²) >= 11 is 0. The van der Waals surface area contributed by atoms with Crippen LogP contribution < -0.4 is 20.9 Å². The molecule has 1 aliphatic heterocycles. The van der Waals surface area contributed by atoms with E-state index in [1.165, 1.54) is 0 Å². The molecule has 7 nitrogen and oxygen atoms in total. The van der Waals surface area contributed by atoms with E-state index in [0.717, 1.165) is 49.3 Å². The molecule has 0 spiro atoms. The highest BCUT2D eigenvalue weighted by Gasteiger charge is 2.22. The van der Waals surface area contributed by atoms with Gasteiger partial charge in [0.2, 0.25) is 0 Å². The van der Waals surface area contributed by atoms with E-state index in [4.69, 9.17) is 4.74 Å². The van der Waals surface area contributed by atoms with E-state index in [1.54, 1.807) is 13.2 Å². The second-order valence-corrected chi connectivity index (χ2v) is 8.28. The van der Waals surface area contributed by atoms with Gasteiger partial charge in [0, 0.05) is 43.8 Å². The van der Waals surface area contributed by atoms with E-state index < -0.39 is 0 Å². The summed E-state index contributed by atoms with van der Waals surface area (Å²) in [7, 11) is 1.60. The third-order valence-electron chi connectivity index (χ3n) is 5.81. The summed E-state index contributed by atoms with van der Waals surface area (Å²) in [6.07, 6.45) is 3.10. The van der Waals surface area contributed by atoms with Gasteiger partial charge in [-0.05, 0) is 61.1 Å². The van der Waals surface area contributed by atoms with Crippen LogP contribution in [0, 0.1) is 5.92 Å². The molecule has 3 N–H and O–H groups in total. The molecule has 1 heterocycles. The van der Waals surface area contributed by atoms with Gasteiger partial charge in [-0.1, -0.05) is 26.0 Å². The lowest BCUT2D eigenvalue weighted by atomic mass is 9.98. The number of aryl methyl sites for hydroxylation is 1. The lowest BCUT2D eigenvalue weighted by Gasteiger charge is -2.33. The fraction of sp³-hybridized carbons (Fsp3) is 0.440. The van der Waals surface area contributed by atoms with E-state index in [-0.39, 0.29) is 11.9 Å². The third kappa shape index (κ3) is 6.47. The van der Waals surface area contributed by atoms with Crippen LogP contribution >= 0.6 is 0 Å². The number of methoxy groups -OCH3 is 1. The van der Waals surface area contributed by atoms with E-state index in [9.17, 15) is 9.59 Å². The summed E-state index contributed by atoms with van der Waals surface area (Å²) < 4.78 is 5.05. The fourth-order valence-electron chi connectivity index (χ4n) is 3.85.